The Hall–Kier alpha value is -2.36. The highest BCUT2D eigenvalue weighted by molar-refractivity contribution is 7.91. The Morgan fingerprint density at radius 1 is 1.12 bits per heavy atom. The Labute approximate surface area is 151 Å². The summed E-state index contributed by atoms with van der Waals surface area (Å²) in [4.78, 5) is 35.4. The number of hydrogen-bond donors (Lipinski definition) is 2. The zero-order valence-corrected chi connectivity index (χ0v) is 15.7. The minimum atomic E-state index is -3.05. The van der Waals surface area contributed by atoms with Crippen molar-refractivity contribution in [3.8, 4) is 0 Å². The van der Waals surface area contributed by atoms with Crippen LogP contribution in [0.25, 0.3) is 0 Å². The summed E-state index contributed by atoms with van der Waals surface area (Å²) in [6.45, 7) is 4.49. The van der Waals surface area contributed by atoms with Crippen LogP contribution in [-0.2, 0) is 24.2 Å². The van der Waals surface area contributed by atoms with Crippen molar-refractivity contribution in [2.24, 2.45) is 5.92 Å². The number of carbonyl (C=O) groups excluding carboxylic acids is 3. The number of furan rings is 1. The van der Waals surface area contributed by atoms with E-state index in [-0.39, 0.29) is 29.4 Å². The van der Waals surface area contributed by atoms with E-state index in [1.807, 2.05) is 0 Å². The molecule has 1 aliphatic heterocycles. The van der Waals surface area contributed by atoms with Gasteiger partial charge in [0.25, 0.3) is 5.91 Å². The lowest BCUT2D eigenvalue weighted by Gasteiger charge is -2.10. The molecule has 144 valence electrons. The summed E-state index contributed by atoms with van der Waals surface area (Å²) in [5.74, 6) is -1.07. The van der Waals surface area contributed by atoms with Crippen molar-refractivity contribution in [2.45, 2.75) is 33.6 Å². The van der Waals surface area contributed by atoms with Crippen LogP contribution in [0.15, 0.2) is 4.42 Å². The van der Waals surface area contributed by atoms with Crippen LogP contribution < -0.4 is 10.9 Å². The first kappa shape index (κ1) is 20.0. The molecule has 2 amide bonds. The molecule has 9 nitrogen and oxygen atoms in total. The Morgan fingerprint density at radius 3 is 2.31 bits per heavy atom. The molecular weight excluding hydrogens is 364 g/mol. The number of aryl methyl sites for hydroxylation is 2. The molecule has 0 aliphatic carbocycles. The summed E-state index contributed by atoms with van der Waals surface area (Å²) in [6, 6.07) is 0. The van der Waals surface area contributed by atoms with E-state index in [4.69, 9.17) is 9.15 Å². The molecule has 0 aromatic carbocycles. The summed E-state index contributed by atoms with van der Waals surface area (Å²) in [6.07, 6.45) is 0.441. The second-order valence-corrected chi connectivity index (χ2v) is 8.59. The van der Waals surface area contributed by atoms with Gasteiger partial charge in [-0.2, -0.15) is 0 Å². The van der Waals surface area contributed by atoms with Gasteiger partial charge in [0.2, 0.25) is 5.91 Å². The lowest BCUT2D eigenvalue weighted by molar-refractivity contribution is -0.131. The van der Waals surface area contributed by atoms with Gasteiger partial charge in [0.1, 0.15) is 17.1 Å². The Bertz CT molecular complexity index is 826. The Morgan fingerprint density at radius 2 is 1.77 bits per heavy atom. The number of nitrogens with one attached hydrogen (secondary N) is 2. The van der Waals surface area contributed by atoms with Gasteiger partial charge in [-0.25, -0.2) is 13.2 Å². The van der Waals surface area contributed by atoms with E-state index >= 15 is 0 Å². The fraction of sp³-hybridized carbons (Fsp3) is 0.562. The number of sulfone groups is 1. The van der Waals surface area contributed by atoms with Crippen LogP contribution in [0.3, 0.4) is 0 Å². The lowest BCUT2D eigenvalue weighted by atomic mass is 10.1. The predicted octanol–water partition coefficient (Wildman–Crippen LogP) is 0.334. The largest absolute Gasteiger partial charge is 0.465 e. The Kier molecular flexibility index (Phi) is 6.06. The van der Waals surface area contributed by atoms with Gasteiger partial charge >= 0.3 is 5.97 Å². The predicted molar refractivity (Wildman–Crippen MR) is 90.9 cm³/mol. The molecule has 0 bridgehead atoms. The van der Waals surface area contributed by atoms with E-state index in [0.717, 1.165) is 0 Å². The molecule has 1 fully saturated rings. The summed E-state index contributed by atoms with van der Waals surface area (Å²) >= 11 is 0. The first-order valence-electron chi connectivity index (χ1n) is 8.11. The summed E-state index contributed by atoms with van der Waals surface area (Å²) in [5, 5.41) is 0. The van der Waals surface area contributed by atoms with Gasteiger partial charge < -0.3 is 9.15 Å². The topological polar surface area (TPSA) is 132 Å². The summed E-state index contributed by atoms with van der Waals surface area (Å²) < 4.78 is 32.9. The van der Waals surface area contributed by atoms with Crippen molar-refractivity contribution < 1.29 is 32.0 Å². The van der Waals surface area contributed by atoms with Gasteiger partial charge in [0.15, 0.2) is 16.4 Å². The van der Waals surface area contributed by atoms with Gasteiger partial charge in [-0.1, -0.05) is 0 Å². The van der Waals surface area contributed by atoms with Crippen LogP contribution in [0.1, 0.15) is 40.3 Å². The molecule has 0 unspecified atom stereocenters. The third-order valence-electron chi connectivity index (χ3n) is 4.24. The first-order valence-corrected chi connectivity index (χ1v) is 9.93. The van der Waals surface area contributed by atoms with Crippen molar-refractivity contribution in [1.82, 2.24) is 10.9 Å². The second kappa shape index (κ2) is 7.90. The number of carbonyl (C=O) groups is 3. The fourth-order valence-corrected chi connectivity index (χ4v) is 4.68. The van der Waals surface area contributed by atoms with Gasteiger partial charge in [0.05, 0.1) is 11.5 Å². The third kappa shape index (κ3) is 5.07. The lowest BCUT2D eigenvalue weighted by Crippen LogP contribution is -2.44. The molecule has 1 saturated heterocycles. The maximum absolute atomic E-state index is 12.0. The number of hydrogen-bond acceptors (Lipinski definition) is 7. The Balaban J connectivity index is 1.73. The molecule has 10 heteroatoms. The standard InChI is InChI=1S/C16H22N2O7S/c1-9-10(2)25-11(3)15(9)16(21)24-7-14(20)18-17-13(19)6-12-4-5-26(22,23)8-12/h12H,4-8H2,1-3H3,(H,17,19)(H,18,20)/t12-/m1/s1. The van der Waals surface area contributed by atoms with Crippen molar-refractivity contribution in [2.75, 3.05) is 18.1 Å². The average molecular weight is 386 g/mol. The van der Waals surface area contributed by atoms with E-state index in [0.29, 0.717) is 23.5 Å². The smallest absolute Gasteiger partial charge is 0.342 e. The molecule has 2 rings (SSSR count). The quantitative estimate of drug-likeness (QED) is 0.551. The third-order valence-corrected chi connectivity index (χ3v) is 6.08. The zero-order chi connectivity index (χ0) is 19.5. The molecule has 0 spiro atoms. The van der Waals surface area contributed by atoms with Crippen molar-refractivity contribution in [3.63, 3.8) is 0 Å². The highest BCUT2D eigenvalue weighted by Crippen LogP contribution is 2.22. The molecule has 1 aromatic rings. The SMILES string of the molecule is Cc1oc(C)c(C(=O)OCC(=O)NNC(=O)C[C@H]2CCS(=O)(=O)C2)c1C. The van der Waals surface area contributed by atoms with E-state index in [9.17, 15) is 22.8 Å². The van der Waals surface area contributed by atoms with E-state index < -0.39 is 34.2 Å². The average Bonchev–Trinajstić information content (AvgIpc) is 3.01. The number of hydrazine groups is 1. The molecule has 1 atom stereocenters. The van der Waals surface area contributed by atoms with E-state index in [2.05, 4.69) is 10.9 Å². The fourth-order valence-electron chi connectivity index (χ4n) is 2.82. The minimum absolute atomic E-state index is 0.00594. The van der Waals surface area contributed by atoms with Crippen LogP contribution in [-0.4, -0.2) is 44.3 Å². The number of esters is 1. The summed E-state index contributed by atoms with van der Waals surface area (Å²) in [5.41, 5.74) is 5.24. The second-order valence-electron chi connectivity index (χ2n) is 6.36. The number of rotatable bonds is 5. The summed E-state index contributed by atoms with van der Waals surface area (Å²) in [7, 11) is -3.05. The molecule has 0 radical (unpaired) electrons. The molecule has 2 N–H and O–H groups in total. The molecule has 1 aromatic heterocycles. The first-order chi connectivity index (χ1) is 12.1. The van der Waals surface area contributed by atoms with Gasteiger partial charge in [-0.05, 0) is 33.1 Å². The molecule has 0 saturated carbocycles. The molecular formula is C16H22N2O7S. The van der Waals surface area contributed by atoms with E-state index in [1.165, 1.54) is 0 Å². The van der Waals surface area contributed by atoms with Gasteiger partial charge in [0, 0.05) is 12.0 Å². The normalized spacial score (nSPS) is 18.3. The monoisotopic (exact) mass is 386 g/mol. The van der Waals surface area contributed by atoms with Crippen LogP contribution in [0.4, 0.5) is 0 Å². The van der Waals surface area contributed by atoms with Crippen LogP contribution in [0.2, 0.25) is 0 Å². The maximum Gasteiger partial charge on any atom is 0.342 e. The number of ether oxygens (including phenoxy) is 1. The van der Waals surface area contributed by atoms with Crippen molar-refractivity contribution in [1.29, 1.82) is 0 Å². The molecule has 2 heterocycles. The van der Waals surface area contributed by atoms with Crippen LogP contribution in [0, 0.1) is 26.7 Å². The highest BCUT2D eigenvalue weighted by atomic mass is 32.2. The van der Waals surface area contributed by atoms with Crippen molar-refractivity contribution in [3.05, 3.63) is 22.6 Å². The molecule has 1 aliphatic rings. The zero-order valence-electron chi connectivity index (χ0n) is 14.9. The van der Waals surface area contributed by atoms with Gasteiger partial charge in [-0.3, -0.25) is 20.4 Å². The minimum Gasteiger partial charge on any atom is -0.465 e. The van der Waals surface area contributed by atoms with Gasteiger partial charge in [-0.15, -0.1) is 0 Å². The number of amides is 2. The molecule has 26 heavy (non-hydrogen) atoms. The van der Waals surface area contributed by atoms with E-state index in [1.54, 1.807) is 20.8 Å². The maximum atomic E-state index is 12.0. The highest BCUT2D eigenvalue weighted by Gasteiger charge is 2.29. The van der Waals surface area contributed by atoms with Crippen LogP contribution >= 0.6 is 0 Å². The van der Waals surface area contributed by atoms with Crippen molar-refractivity contribution >= 4 is 27.6 Å². The van der Waals surface area contributed by atoms with Crippen LogP contribution in [0.5, 0.6) is 0 Å².